The Morgan fingerprint density at radius 3 is 2.70 bits per heavy atom. The van der Waals surface area contributed by atoms with E-state index >= 15 is 0 Å². The molecule has 116 valence electrons. The molecule has 0 radical (unpaired) electrons. The van der Waals surface area contributed by atoms with E-state index in [-0.39, 0.29) is 17.8 Å². The molecule has 20 heavy (non-hydrogen) atoms. The van der Waals surface area contributed by atoms with Crippen LogP contribution in [0.15, 0.2) is 0 Å². The van der Waals surface area contributed by atoms with Crippen molar-refractivity contribution in [3.63, 3.8) is 0 Å². The molecule has 2 bridgehead atoms. The first-order valence-corrected chi connectivity index (χ1v) is 7.86. The molecule has 4 nitrogen and oxygen atoms in total. The number of aliphatic hydroxyl groups excluding tert-OH is 1. The van der Waals surface area contributed by atoms with Gasteiger partial charge < -0.3 is 15.2 Å². The Bertz CT molecular complexity index is 364. The topological polar surface area (TPSA) is 58.6 Å². The highest BCUT2D eigenvalue weighted by Gasteiger charge is 2.58. The standard InChI is InChI=1S/C16H29NO3/c1-5-20-13(19)8-12(18)10-17-14-15(2,3)11-6-7-16(14,4)9-11/h11-12,14,17-18H,5-10H2,1-4H3. The normalized spacial score (nSPS) is 36.0. The minimum absolute atomic E-state index is 0.0775. The van der Waals surface area contributed by atoms with Crippen LogP contribution in [0.5, 0.6) is 0 Å². The molecule has 0 aromatic carbocycles. The number of carbonyl (C=O) groups is 1. The smallest absolute Gasteiger partial charge is 0.308 e. The van der Waals surface area contributed by atoms with Crippen molar-refractivity contribution >= 4 is 5.97 Å². The summed E-state index contributed by atoms with van der Waals surface area (Å²) < 4.78 is 4.87. The summed E-state index contributed by atoms with van der Waals surface area (Å²) in [5, 5.41) is 13.5. The first-order chi connectivity index (χ1) is 9.29. The van der Waals surface area contributed by atoms with Crippen LogP contribution in [0.4, 0.5) is 0 Å². The fourth-order valence-corrected chi connectivity index (χ4v) is 4.55. The fourth-order valence-electron chi connectivity index (χ4n) is 4.55. The van der Waals surface area contributed by atoms with Crippen LogP contribution in [0, 0.1) is 16.7 Å². The van der Waals surface area contributed by atoms with Crippen LogP contribution < -0.4 is 5.32 Å². The Kier molecular flexibility index (Phi) is 4.45. The predicted octanol–water partition coefficient (Wildman–Crippen LogP) is 2.10. The molecule has 4 atom stereocenters. The van der Waals surface area contributed by atoms with Gasteiger partial charge in [-0.1, -0.05) is 20.8 Å². The lowest BCUT2D eigenvalue weighted by atomic mass is 9.68. The number of ether oxygens (including phenoxy) is 1. The Hall–Kier alpha value is -0.610. The van der Waals surface area contributed by atoms with E-state index in [2.05, 4.69) is 26.1 Å². The number of carbonyl (C=O) groups excluding carboxylic acids is 1. The van der Waals surface area contributed by atoms with E-state index in [9.17, 15) is 9.90 Å². The fraction of sp³-hybridized carbons (Fsp3) is 0.938. The van der Waals surface area contributed by atoms with Crippen LogP contribution >= 0.6 is 0 Å². The summed E-state index contributed by atoms with van der Waals surface area (Å²) in [5.41, 5.74) is 0.620. The van der Waals surface area contributed by atoms with Crippen molar-refractivity contribution in [3.8, 4) is 0 Å². The molecule has 0 spiro atoms. The van der Waals surface area contributed by atoms with Crippen LogP contribution in [-0.2, 0) is 9.53 Å². The summed E-state index contributed by atoms with van der Waals surface area (Å²) in [6.07, 6.45) is 3.30. The Labute approximate surface area is 122 Å². The van der Waals surface area contributed by atoms with Crippen LogP contribution in [0.2, 0.25) is 0 Å². The predicted molar refractivity (Wildman–Crippen MR) is 78.3 cm³/mol. The maximum absolute atomic E-state index is 11.4. The van der Waals surface area contributed by atoms with Gasteiger partial charge in [-0.15, -0.1) is 0 Å². The molecule has 2 saturated carbocycles. The average molecular weight is 283 g/mol. The zero-order valence-corrected chi connectivity index (χ0v) is 13.2. The largest absolute Gasteiger partial charge is 0.466 e. The molecule has 2 aliphatic rings. The highest BCUT2D eigenvalue weighted by molar-refractivity contribution is 5.69. The molecule has 4 unspecified atom stereocenters. The average Bonchev–Trinajstić information content (AvgIpc) is 2.79. The number of nitrogens with one attached hydrogen (secondary N) is 1. The van der Waals surface area contributed by atoms with Gasteiger partial charge in [0.15, 0.2) is 0 Å². The summed E-state index contributed by atoms with van der Waals surface area (Å²) >= 11 is 0. The first-order valence-electron chi connectivity index (χ1n) is 7.86. The third-order valence-electron chi connectivity index (χ3n) is 5.53. The van der Waals surface area contributed by atoms with E-state index in [1.165, 1.54) is 19.3 Å². The lowest BCUT2D eigenvalue weighted by Crippen LogP contribution is -2.52. The summed E-state index contributed by atoms with van der Waals surface area (Å²) in [4.78, 5) is 11.4. The SMILES string of the molecule is CCOC(=O)CC(O)CNC1C2(C)CCC(C2)C1(C)C. The third-order valence-corrected chi connectivity index (χ3v) is 5.53. The van der Waals surface area contributed by atoms with Gasteiger partial charge in [-0.25, -0.2) is 0 Å². The van der Waals surface area contributed by atoms with Crippen molar-refractivity contribution < 1.29 is 14.6 Å². The van der Waals surface area contributed by atoms with Gasteiger partial charge in [0.05, 0.1) is 19.1 Å². The Morgan fingerprint density at radius 1 is 1.45 bits per heavy atom. The molecule has 0 saturated heterocycles. The van der Waals surface area contributed by atoms with Gasteiger partial charge in [-0.2, -0.15) is 0 Å². The molecular weight excluding hydrogens is 254 g/mol. The van der Waals surface area contributed by atoms with Gasteiger partial charge in [0.25, 0.3) is 0 Å². The minimum atomic E-state index is -0.660. The van der Waals surface area contributed by atoms with Crippen LogP contribution in [0.25, 0.3) is 0 Å². The van der Waals surface area contributed by atoms with Crippen LogP contribution in [0.1, 0.15) is 53.4 Å². The first kappa shape index (κ1) is 15.8. The number of esters is 1. The zero-order chi connectivity index (χ0) is 15.0. The van der Waals surface area contributed by atoms with E-state index in [0.717, 1.165) is 5.92 Å². The Morgan fingerprint density at radius 2 is 2.15 bits per heavy atom. The summed E-state index contributed by atoms with van der Waals surface area (Å²) in [6.45, 7) is 9.64. The molecule has 0 heterocycles. The number of rotatable bonds is 6. The second-order valence-electron chi connectivity index (χ2n) is 7.42. The van der Waals surface area contributed by atoms with Gasteiger partial charge in [-0.05, 0) is 42.9 Å². The maximum atomic E-state index is 11.4. The molecule has 0 aliphatic heterocycles. The van der Waals surface area contributed by atoms with Gasteiger partial charge in [0, 0.05) is 12.6 Å². The number of aliphatic hydroxyl groups is 1. The summed E-state index contributed by atoms with van der Waals surface area (Å²) in [5.74, 6) is 0.465. The molecule has 2 N–H and O–H groups in total. The molecule has 4 heteroatoms. The summed E-state index contributed by atoms with van der Waals surface area (Å²) in [7, 11) is 0. The summed E-state index contributed by atoms with van der Waals surface area (Å²) in [6, 6.07) is 0.422. The van der Waals surface area contributed by atoms with Gasteiger partial charge >= 0.3 is 5.97 Å². The van der Waals surface area contributed by atoms with Crippen molar-refractivity contribution in [1.82, 2.24) is 5.32 Å². The second kappa shape index (κ2) is 5.64. The third kappa shape index (κ3) is 2.86. The van der Waals surface area contributed by atoms with Crippen molar-refractivity contribution in [3.05, 3.63) is 0 Å². The number of fused-ring (bicyclic) bond motifs is 2. The maximum Gasteiger partial charge on any atom is 0.308 e. The van der Waals surface area contributed by atoms with Crippen molar-refractivity contribution in [1.29, 1.82) is 0 Å². The zero-order valence-electron chi connectivity index (χ0n) is 13.2. The van der Waals surface area contributed by atoms with Gasteiger partial charge in [0.1, 0.15) is 0 Å². The van der Waals surface area contributed by atoms with E-state index in [4.69, 9.17) is 4.74 Å². The quantitative estimate of drug-likeness (QED) is 0.733. The lowest BCUT2D eigenvalue weighted by molar-refractivity contribution is -0.145. The highest BCUT2D eigenvalue weighted by Crippen LogP contribution is 2.62. The van der Waals surface area contributed by atoms with E-state index in [1.807, 2.05) is 0 Å². The monoisotopic (exact) mass is 283 g/mol. The molecule has 2 aliphatic carbocycles. The van der Waals surface area contributed by atoms with Crippen molar-refractivity contribution in [2.75, 3.05) is 13.2 Å². The molecule has 0 amide bonds. The van der Waals surface area contributed by atoms with E-state index < -0.39 is 6.10 Å². The van der Waals surface area contributed by atoms with Crippen LogP contribution in [-0.4, -0.2) is 36.4 Å². The molecule has 0 aromatic rings. The number of hydrogen-bond donors (Lipinski definition) is 2. The van der Waals surface area contributed by atoms with Gasteiger partial charge in [0.2, 0.25) is 0 Å². The van der Waals surface area contributed by atoms with Gasteiger partial charge in [-0.3, -0.25) is 4.79 Å². The van der Waals surface area contributed by atoms with E-state index in [1.54, 1.807) is 6.92 Å². The Balaban J connectivity index is 1.86. The molecule has 0 aromatic heterocycles. The number of hydrogen-bond acceptors (Lipinski definition) is 4. The molecular formula is C16H29NO3. The highest BCUT2D eigenvalue weighted by atomic mass is 16.5. The van der Waals surface area contributed by atoms with Crippen LogP contribution in [0.3, 0.4) is 0 Å². The van der Waals surface area contributed by atoms with Crippen molar-refractivity contribution in [2.45, 2.75) is 65.5 Å². The van der Waals surface area contributed by atoms with Crippen molar-refractivity contribution in [2.24, 2.45) is 16.7 Å². The van der Waals surface area contributed by atoms with E-state index in [0.29, 0.717) is 24.6 Å². The second-order valence-corrected chi connectivity index (χ2v) is 7.42. The molecule has 2 rings (SSSR count). The molecule has 2 fully saturated rings. The minimum Gasteiger partial charge on any atom is -0.466 e. The lowest BCUT2D eigenvalue weighted by Gasteiger charge is -2.43.